The smallest absolute Gasteiger partial charge is 0.0575 e. The van der Waals surface area contributed by atoms with E-state index in [1.807, 2.05) is 0 Å². The molecule has 3 heteroatoms. The minimum Gasteiger partial charge on any atom is -0.384 e. The van der Waals surface area contributed by atoms with Gasteiger partial charge in [-0.2, -0.15) is 0 Å². The Balaban J connectivity index is 2.79. The van der Waals surface area contributed by atoms with Crippen molar-refractivity contribution in [2.75, 3.05) is 34.0 Å². The van der Waals surface area contributed by atoms with E-state index < -0.39 is 0 Å². The largest absolute Gasteiger partial charge is 0.384 e. The standard InChI is InChI=1S/C24H48O3/c1-21(2)23(3,4)24(18-25-5,19-26-6)20-27-22-16-14-12-10-8-7-9-11-13-15-17-22/h21-22H,7-20H2,1-6H3. The molecule has 0 aromatic heterocycles. The predicted molar refractivity (Wildman–Crippen MR) is 115 cm³/mol. The van der Waals surface area contributed by atoms with Gasteiger partial charge in [0.1, 0.15) is 0 Å². The first-order chi connectivity index (χ1) is 12.9. The summed E-state index contributed by atoms with van der Waals surface area (Å²) in [6.45, 7) is 11.4. The Morgan fingerprint density at radius 2 is 1.11 bits per heavy atom. The molecule has 0 unspecified atom stereocenters. The molecule has 0 radical (unpaired) electrons. The van der Waals surface area contributed by atoms with E-state index >= 15 is 0 Å². The predicted octanol–water partition coefficient (Wildman–Crippen LogP) is 6.64. The van der Waals surface area contributed by atoms with Crippen molar-refractivity contribution in [2.24, 2.45) is 16.7 Å². The Bertz CT molecular complexity index is 347. The maximum atomic E-state index is 6.63. The van der Waals surface area contributed by atoms with Crippen LogP contribution in [0.3, 0.4) is 0 Å². The van der Waals surface area contributed by atoms with Crippen molar-refractivity contribution in [1.29, 1.82) is 0 Å². The number of methoxy groups -OCH3 is 2. The average Bonchev–Trinajstić information content (AvgIpc) is 2.61. The van der Waals surface area contributed by atoms with Gasteiger partial charge in [-0.3, -0.25) is 0 Å². The summed E-state index contributed by atoms with van der Waals surface area (Å²) in [7, 11) is 3.60. The van der Waals surface area contributed by atoms with E-state index in [1.54, 1.807) is 14.2 Å². The Hall–Kier alpha value is -0.120. The molecule has 0 heterocycles. The lowest BCUT2D eigenvalue weighted by Crippen LogP contribution is -2.51. The molecule has 0 atom stereocenters. The molecular formula is C24H48O3. The van der Waals surface area contributed by atoms with Gasteiger partial charge in [-0.05, 0) is 24.2 Å². The number of rotatable bonds is 9. The Kier molecular flexibility index (Phi) is 12.2. The maximum Gasteiger partial charge on any atom is 0.0575 e. The summed E-state index contributed by atoms with van der Waals surface area (Å²) in [6.07, 6.45) is 15.2. The molecule has 0 spiro atoms. The van der Waals surface area contributed by atoms with E-state index in [1.165, 1.54) is 70.6 Å². The molecule has 0 N–H and O–H groups in total. The van der Waals surface area contributed by atoms with Gasteiger partial charge in [-0.25, -0.2) is 0 Å². The highest BCUT2D eigenvalue weighted by Gasteiger charge is 2.47. The SMILES string of the molecule is COCC(COC)(COC1CCCCCCCCCCC1)C(C)(C)C(C)C. The zero-order chi connectivity index (χ0) is 20.2. The van der Waals surface area contributed by atoms with Crippen LogP contribution in [0.2, 0.25) is 0 Å². The maximum absolute atomic E-state index is 6.63. The highest BCUT2D eigenvalue weighted by molar-refractivity contribution is 4.95. The van der Waals surface area contributed by atoms with E-state index in [-0.39, 0.29) is 10.8 Å². The lowest BCUT2D eigenvalue weighted by molar-refractivity contribution is -0.144. The second-order valence-corrected chi connectivity index (χ2v) is 9.72. The second kappa shape index (κ2) is 13.2. The minimum absolute atomic E-state index is 0.0738. The summed E-state index contributed by atoms with van der Waals surface area (Å²) in [6, 6.07) is 0. The normalized spacial score (nSPS) is 19.7. The van der Waals surface area contributed by atoms with Crippen molar-refractivity contribution in [1.82, 2.24) is 0 Å². The highest BCUT2D eigenvalue weighted by atomic mass is 16.5. The molecule has 0 saturated heterocycles. The molecule has 162 valence electrons. The van der Waals surface area contributed by atoms with Gasteiger partial charge in [-0.15, -0.1) is 0 Å². The van der Waals surface area contributed by atoms with Gasteiger partial charge in [0.05, 0.1) is 25.9 Å². The molecule has 27 heavy (non-hydrogen) atoms. The minimum atomic E-state index is -0.117. The van der Waals surface area contributed by atoms with E-state index in [2.05, 4.69) is 27.7 Å². The van der Waals surface area contributed by atoms with Crippen LogP contribution in [0.5, 0.6) is 0 Å². The zero-order valence-electron chi connectivity index (χ0n) is 19.3. The topological polar surface area (TPSA) is 27.7 Å². The molecular weight excluding hydrogens is 336 g/mol. The summed E-state index contributed by atoms with van der Waals surface area (Å²) < 4.78 is 18.0. The van der Waals surface area contributed by atoms with Gasteiger partial charge < -0.3 is 14.2 Å². The molecule has 1 saturated carbocycles. The van der Waals surface area contributed by atoms with Crippen LogP contribution in [0.1, 0.15) is 98.3 Å². The Morgan fingerprint density at radius 3 is 1.48 bits per heavy atom. The fraction of sp³-hybridized carbons (Fsp3) is 1.00. The molecule has 3 nitrogen and oxygen atoms in total. The fourth-order valence-corrected chi connectivity index (χ4v) is 4.42. The first-order valence-electron chi connectivity index (χ1n) is 11.5. The molecule has 1 fully saturated rings. The van der Waals surface area contributed by atoms with Gasteiger partial charge in [0.2, 0.25) is 0 Å². The van der Waals surface area contributed by atoms with E-state index in [0.717, 1.165) is 6.61 Å². The lowest BCUT2D eigenvalue weighted by atomic mass is 9.61. The summed E-state index contributed by atoms with van der Waals surface area (Å²) >= 11 is 0. The van der Waals surface area contributed by atoms with Gasteiger partial charge >= 0.3 is 0 Å². The first-order valence-corrected chi connectivity index (χ1v) is 11.5. The number of hydrogen-bond donors (Lipinski definition) is 0. The van der Waals surface area contributed by atoms with Crippen molar-refractivity contribution >= 4 is 0 Å². The van der Waals surface area contributed by atoms with Crippen LogP contribution in [-0.4, -0.2) is 40.1 Å². The summed E-state index contributed by atoms with van der Waals surface area (Å²) in [5, 5.41) is 0. The lowest BCUT2D eigenvalue weighted by Gasteiger charge is -2.49. The molecule has 0 amide bonds. The molecule has 1 aliphatic carbocycles. The van der Waals surface area contributed by atoms with Crippen LogP contribution in [0.25, 0.3) is 0 Å². The van der Waals surface area contributed by atoms with Crippen LogP contribution in [0, 0.1) is 16.7 Å². The molecule has 0 aromatic rings. The fourth-order valence-electron chi connectivity index (χ4n) is 4.42. The Labute approximate surface area is 169 Å². The van der Waals surface area contributed by atoms with Gasteiger partial charge in [0.25, 0.3) is 0 Å². The third-order valence-electron chi connectivity index (χ3n) is 7.30. The van der Waals surface area contributed by atoms with Crippen LogP contribution >= 0.6 is 0 Å². The van der Waals surface area contributed by atoms with Crippen LogP contribution in [-0.2, 0) is 14.2 Å². The van der Waals surface area contributed by atoms with Crippen LogP contribution < -0.4 is 0 Å². The zero-order valence-corrected chi connectivity index (χ0v) is 19.3. The monoisotopic (exact) mass is 384 g/mol. The van der Waals surface area contributed by atoms with Crippen molar-refractivity contribution in [2.45, 2.75) is 104 Å². The molecule has 0 aromatic carbocycles. The van der Waals surface area contributed by atoms with E-state index in [0.29, 0.717) is 25.2 Å². The van der Waals surface area contributed by atoms with E-state index in [9.17, 15) is 0 Å². The van der Waals surface area contributed by atoms with Crippen molar-refractivity contribution in [3.8, 4) is 0 Å². The summed E-state index contributed by atoms with van der Waals surface area (Å²) in [5.41, 5.74) is -0.0429. The molecule has 1 aliphatic rings. The summed E-state index contributed by atoms with van der Waals surface area (Å²) in [4.78, 5) is 0. The van der Waals surface area contributed by atoms with Gasteiger partial charge in [0.15, 0.2) is 0 Å². The van der Waals surface area contributed by atoms with Crippen molar-refractivity contribution in [3.63, 3.8) is 0 Å². The summed E-state index contributed by atoms with van der Waals surface area (Å²) in [5.74, 6) is 0.530. The quantitative estimate of drug-likeness (QED) is 0.446. The number of ether oxygens (including phenoxy) is 3. The average molecular weight is 385 g/mol. The molecule has 1 rings (SSSR count). The van der Waals surface area contributed by atoms with Gasteiger partial charge in [0, 0.05) is 19.6 Å². The third kappa shape index (κ3) is 8.03. The molecule has 0 aliphatic heterocycles. The van der Waals surface area contributed by atoms with Crippen LogP contribution in [0.4, 0.5) is 0 Å². The van der Waals surface area contributed by atoms with E-state index in [4.69, 9.17) is 14.2 Å². The van der Waals surface area contributed by atoms with Gasteiger partial charge in [-0.1, -0.05) is 85.5 Å². The number of hydrogen-bond acceptors (Lipinski definition) is 3. The second-order valence-electron chi connectivity index (χ2n) is 9.72. The van der Waals surface area contributed by atoms with Crippen LogP contribution in [0.15, 0.2) is 0 Å². The third-order valence-corrected chi connectivity index (χ3v) is 7.30. The molecule has 0 bridgehead atoms. The first kappa shape index (κ1) is 24.9. The highest BCUT2D eigenvalue weighted by Crippen LogP contribution is 2.46. The van der Waals surface area contributed by atoms with Crippen molar-refractivity contribution < 1.29 is 14.2 Å². The van der Waals surface area contributed by atoms with Crippen molar-refractivity contribution in [3.05, 3.63) is 0 Å². The Morgan fingerprint density at radius 1 is 0.704 bits per heavy atom.